The van der Waals surface area contributed by atoms with E-state index >= 15 is 4.39 Å². The summed E-state index contributed by atoms with van der Waals surface area (Å²) in [4.78, 5) is 28.4. The van der Waals surface area contributed by atoms with Gasteiger partial charge in [0.05, 0.1) is 33.2 Å². The van der Waals surface area contributed by atoms with Crippen LogP contribution in [-0.4, -0.2) is 80.8 Å². The molecular formula is C32H30F6N6O3S. The molecule has 2 N–H and O–H groups in total. The van der Waals surface area contributed by atoms with E-state index < -0.39 is 57.7 Å². The number of carbonyl (C=O) groups excluding carboxylic acids is 1. The fraction of sp³-hybridized carbons (Fsp3) is 0.438. The Balaban J connectivity index is 1.38. The molecule has 3 fully saturated rings. The number of ether oxygens (including phenoxy) is 2. The Kier molecular flexibility index (Phi) is 7.93. The van der Waals surface area contributed by atoms with Crippen LogP contribution in [0.4, 0.5) is 31.5 Å². The maximum Gasteiger partial charge on any atom is 0.417 e. The number of aromatic nitrogens is 3. The molecule has 0 saturated carbocycles. The SMILES string of the molecule is C=CC(=O)N1C[C@H](Oc2nc(OCC34CCCN3C[C@H](F)C4)nc3c(F)c(-c4ccc(F)c5sc(N)nc45)c(C(F)(F)F)cc23)C[C@@H]1C. The fourth-order valence-electron chi connectivity index (χ4n) is 7.31. The van der Waals surface area contributed by atoms with Gasteiger partial charge in [0.25, 0.3) is 0 Å². The number of rotatable bonds is 7. The van der Waals surface area contributed by atoms with Gasteiger partial charge in [0.15, 0.2) is 10.9 Å². The zero-order valence-electron chi connectivity index (χ0n) is 25.6. The summed E-state index contributed by atoms with van der Waals surface area (Å²) >= 11 is 0.720. The lowest BCUT2D eigenvalue weighted by molar-refractivity contribution is -0.137. The van der Waals surface area contributed by atoms with Gasteiger partial charge >= 0.3 is 12.2 Å². The van der Waals surface area contributed by atoms with Crippen molar-refractivity contribution in [3.05, 3.63) is 48.1 Å². The van der Waals surface area contributed by atoms with Crippen molar-refractivity contribution in [2.45, 2.75) is 62.6 Å². The van der Waals surface area contributed by atoms with Crippen LogP contribution in [0.5, 0.6) is 11.9 Å². The molecule has 2 aromatic heterocycles. The molecule has 1 amide bonds. The van der Waals surface area contributed by atoms with Crippen LogP contribution in [-0.2, 0) is 11.0 Å². The van der Waals surface area contributed by atoms with E-state index in [1.54, 1.807) is 6.92 Å². The van der Waals surface area contributed by atoms with Crippen molar-refractivity contribution in [1.29, 1.82) is 0 Å². The lowest BCUT2D eigenvalue weighted by atomic mass is 9.95. The molecule has 7 rings (SSSR count). The average Bonchev–Trinajstić information content (AvgIpc) is 3.78. The smallest absolute Gasteiger partial charge is 0.417 e. The Hall–Kier alpha value is -4.18. The van der Waals surface area contributed by atoms with Crippen molar-refractivity contribution < 1.29 is 40.6 Å². The van der Waals surface area contributed by atoms with E-state index in [-0.39, 0.29) is 70.9 Å². The van der Waals surface area contributed by atoms with Crippen LogP contribution in [0, 0.1) is 11.6 Å². The second-order valence-electron chi connectivity index (χ2n) is 12.5. The minimum Gasteiger partial charge on any atom is -0.472 e. The van der Waals surface area contributed by atoms with Gasteiger partial charge in [-0.25, -0.2) is 18.2 Å². The summed E-state index contributed by atoms with van der Waals surface area (Å²) in [7, 11) is 0. The normalized spacial score (nSPS) is 24.5. The Morgan fingerprint density at radius 1 is 1.21 bits per heavy atom. The highest BCUT2D eigenvalue weighted by molar-refractivity contribution is 7.22. The third-order valence-corrected chi connectivity index (χ3v) is 10.4. The Morgan fingerprint density at radius 3 is 2.75 bits per heavy atom. The van der Waals surface area contributed by atoms with E-state index in [9.17, 15) is 26.7 Å². The molecule has 3 saturated heterocycles. The molecule has 0 aliphatic carbocycles. The van der Waals surface area contributed by atoms with E-state index in [1.165, 1.54) is 4.90 Å². The van der Waals surface area contributed by atoms with Gasteiger partial charge < -0.3 is 20.1 Å². The summed E-state index contributed by atoms with van der Waals surface area (Å²) in [6, 6.07) is 1.96. The molecule has 0 radical (unpaired) electrons. The first kappa shape index (κ1) is 32.4. The fourth-order valence-corrected chi connectivity index (χ4v) is 8.08. The number of halogens is 6. The summed E-state index contributed by atoms with van der Waals surface area (Å²) in [5, 5.41) is -0.504. The molecule has 4 aromatic rings. The molecule has 2 aromatic carbocycles. The lowest BCUT2D eigenvalue weighted by Gasteiger charge is -2.30. The minimum atomic E-state index is -5.09. The number of nitrogens with zero attached hydrogens (tertiary/aromatic N) is 5. The molecule has 0 spiro atoms. The van der Waals surface area contributed by atoms with Gasteiger partial charge in [-0.05, 0) is 50.6 Å². The van der Waals surface area contributed by atoms with Crippen molar-refractivity contribution in [3.63, 3.8) is 0 Å². The molecule has 1 unspecified atom stereocenters. The van der Waals surface area contributed by atoms with E-state index in [4.69, 9.17) is 15.2 Å². The second-order valence-corrected chi connectivity index (χ2v) is 13.6. The molecule has 254 valence electrons. The summed E-state index contributed by atoms with van der Waals surface area (Å²) in [6.45, 7) is 6.27. The number of hydrogen-bond donors (Lipinski definition) is 1. The summed E-state index contributed by atoms with van der Waals surface area (Å²) in [5.74, 6) is -2.89. The van der Waals surface area contributed by atoms with Crippen molar-refractivity contribution in [1.82, 2.24) is 24.8 Å². The summed E-state index contributed by atoms with van der Waals surface area (Å²) in [6.07, 6.45) is -3.70. The van der Waals surface area contributed by atoms with Gasteiger partial charge in [0.2, 0.25) is 11.8 Å². The second kappa shape index (κ2) is 11.8. The molecule has 5 heterocycles. The third kappa shape index (κ3) is 5.47. The number of nitrogen functional groups attached to an aromatic ring is 1. The number of carbonyl (C=O) groups is 1. The van der Waals surface area contributed by atoms with E-state index in [2.05, 4.69) is 21.5 Å². The highest BCUT2D eigenvalue weighted by Gasteiger charge is 2.49. The molecule has 48 heavy (non-hydrogen) atoms. The number of anilines is 1. The zero-order valence-corrected chi connectivity index (χ0v) is 26.4. The Morgan fingerprint density at radius 2 is 2.00 bits per heavy atom. The number of nitrogens with two attached hydrogens (primary N) is 1. The van der Waals surface area contributed by atoms with Crippen molar-refractivity contribution >= 4 is 43.5 Å². The Labute approximate surface area is 274 Å². The zero-order chi connectivity index (χ0) is 34.1. The molecule has 3 aliphatic heterocycles. The van der Waals surface area contributed by atoms with Crippen LogP contribution in [0.1, 0.15) is 38.2 Å². The summed E-state index contributed by atoms with van der Waals surface area (Å²) < 4.78 is 102. The molecule has 9 nitrogen and oxygen atoms in total. The van der Waals surface area contributed by atoms with Gasteiger partial charge in [-0.15, -0.1) is 0 Å². The monoisotopic (exact) mass is 692 g/mol. The highest BCUT2D eigenvalue weighted by atomic mass is 32.1. The number of likely N-dealkylation sites (tertiary alicyclic amines) is 1. The standard InChI is InChI=1S/C32H30F6N6O3S/c1-3-22(45)44-13-17(9-15(44)2)47-28-19-10-20(32(36,37)38)23(18-5-6-21(34)27-26(18)40-29(39)48-27)24(35)25(19)41-30(42-28)46-14-31-7-4-8-43(31)12-16(33)11-31/h3,5-6,10,15-17H,1,4,7-9,11-14H2,2H3,(H2,39,40)/t15-,16+,17+,31?/m0/s1. The van der Waals surface area contributed by atoms with Crippen molar-refractivity contribution in [3.8, 4) is 23.0 Å². The number of alkyl halides is 4. The topological polar surface area (TPSA) is 107 Å². The van der Waals surface area contributed by atoms with Gasteiger partial charge in [-0.1, -0.05) is 17.9 Å². The molecular weight excluding hydrogens is 662 g/mol. The van der Waals surface area contributed by atoms with Crippen LogP contribution in [0.3, 0.4) is 0 Å². The predicted octanol–water partition coefficient (Wildman–Crippen LogP) is 6.30. The summed E-state index contributed by atoms with van der Waals surface area (Å²) in [5.41, 5.74) is 1.73. The molecule has 0 bridgehead atoms. The first-order valence-corrected chi connectivity index (χ1v) is 16.2. The van der Waals surface area contributed by atoms with E-state index in [0.717, 1.165) is 36.0 Å². The van der Waals surface area contributed by atoms with Gasteiger partial charge in [0.1, 0.15) is 30.2 Å². The highest BCUT2D eigenvalue weighted by Crippen LogP contribution is 2.46. The van der Waals surface area contributed by atoms with Crippen LogP contribution < -0.4 is 15.2 Å². The maximum atomic E-state index is 16.8. The molecule has 16 heteroatoms. The van der Waals surface area contributed by atoms with Crippen LogP contribution in [0.15, 0.2) is 30.9 Å². The van der Waals surface area contributed by atoms with Crippen molar-refractivity contribution in [2.75, 3.05) is 32.0 Å². The predicted molar refractivity (Wildman–Crippen MR) is 166 cm³/mol. The van der Waals surface area contributed by atoms with Crippen LogP contribution in [0.25, 0.3) is 32.2 Å². The van der Waals surface area contributed by atoms with E-state index in [0.29, 0.717) is 25.5 Å². The number of benzene rings is 2. The van der Waals surface area contributed by atoms with Crippen molar-refractivity contribution in [2.24, 2.45) is 0 Å². The number of fused-ring (bicyclic) bond motifs is 3. The number of thiazole rings is 1. The number of amides is 1. The maximum absolute atomic E-state index is 16.8. The quantitative estimate of drug-likeness (QED) is 0.178. The first-order chi connectivity index (χ1) is 22.8. The third-order valence-electron chi connectivity index (χ3n) is 9.47. The average molecular weight is 693 g/mol. The first-order valence-electron chi connectivity index (χ1n) is 15.4. The Bertz CT molecular complexity index is 1960. The number of hydrogen-bond acceptors (Lipinski definition) is 9. The van der Waals surface area contributed by atoms with Gasteiger partial charge in [-0.3, -0.25) is 9.69 Å². The van der Waals surface area contributed by atoms with Crippen LogP contribution >= 0.6 is 11.3 Å². The van der Waals surface area contributed by atoms with Crippen LogP contribution in [0.2, 0.25) is 0 Å². The largest absolute Gasteiger partial charge is 0.472 e. The van der Waals surface area contributed by atoms with E-state index in [1.807, 2.05) is 4.90 Å². The minimum absolute atomic E-state index is 0.0355. The van der Waals surface area contributed by atoms with Gasteiger partial charge in [0, 0.05) is 36.6 Å². The molecule has 3 aliphatic rings. The molecule has 4 atom stereocenters. The lowest BCUT2D eigenvalue weighted by Crippen LogP contribution is -2.43. The van der Waals surface area contributed by atoms with Gasteiger partial charge in [-0.2, -0.15) is 23.1 Å².